The number of benzene rings is 3. The first-order chi connectivity index (χ1) is 14.6. The lowest BCUT2D eigenvalue weighted by Gasteiger charge is -2.21. The third kappa shape index (κ3) is 6.12. The van der Waals surface area contributed by atoms with Gasteiger partial charge < -0.3 is 14.8 Å². The van der Waals surface area contributed by atoms with Crippen LogP contribution in [0.1, 0.15) is 41.5 Å². The Hall–Kier alpha value is -3.74. The van der Waals surface area contributed by atoms with Gasteiger partial charge in [-0.3, -0.25) is 4.79 Å². The molecule has 0 aromatic heterocycles. The smallest absolute Gasteiger partial charge is 0.340 e. The zero-order valence-electron chi connectivity index (χ0n) is 17.2. The third-order valence-electron chi connectivity index (χ3n) is 3.97. The minimum Gasteiger partial charge on any atom is -0.457 e. The van der Waals surface area contributed by atoms with Crippen LogP contribution in [0.2, 0.25) is 0 Å². The van der Waals surface area contributed by atoms with Gasteiger partial charge in [-0.2, -0.15) is 0 Å². The molecule has 0 saturated carbocycles. The topological polar surface area (TPSA) is 64.6 Å². The summed E-state index contributed by atoms with van der Waals surface area (Å²) in [6.07, 6.45) is 0. The number of amides is 1. The van der Waals surface area contributed by atoms with Crippen molar-refractivity contribution < 1.29 is 27.8 Å². The summed E-state index contributed by atoms with van der Waals surface area (Å²) in [5, 5.41) is 2.67. The molecule has 0 heterocycles. The Morgan fingerprint density at radius 3 is 2.10 bits per heavy atom. The van der Waals surface area contributed by atoms with Gasteiger partial charge in [0, 0.05) is 29.8 Å². The molecule has 3 aromatic carbocycles. The van der Waals surface area contributed by atoms with Gasteiger partial charge in [-0.25, -0.2) is 13.6 Å². The van der Waals surface area contributed by atoms with Gasteiger partial charge >= 0.3 is 5.97 Å². The SMILES string of the molecule is CC(C)(C)OC(=O)c1ccc(Oc2cc(F)cc(F)c2)cc1NC(=O)c1ccccc1. The van der Waals surface area contributed by atoms with Gasteiger partial charge in [0.15, 0.2) is 0 Å². The van der Waals surface area contributed by atoms with E-state index in [2.05, 4.69) is 5.32 Å². The van der Waals surface area contributed by atoms with Gasteiger partial charge in [-0.15, -0.1) is 0 Å². The first-order valence-corrected chi connectivity index (χ1v) is 9.48. The quantitative estimate of drug-likeness (QED) is 0.512. The van der Waals surface area contributed by atoms with Crippen molar-refractivity contribution in [1.29, 1.82) is 0 Å². The molecule has 1 N–H and O–H groups in total. The second kappa shape index (κ2) is 8.95. The number of esters is 1. The van der Waals surface area contributed by atoms with E-state index in [0.29, 0.717) is 5.56 Å². The summed E-state index contributed by atoms with van der Waals surface area (Å²) in [4.78, 5) is 25.3. The van der Waals surface area contributed by atoms with Gasteiger partial charge in [-0.1, -0.05) is 18.2 Å². The van der Waals surface area contributed by atoms with Crippen LogP contribution in [-0.2, 0) is 4.74 Å². The van der Waals surface area contributed by atoms with Crippen molar-refractivity contribution in [3.63, 3.8) is 0 Å². The van der Waals surface area contributed by atoms with Gasteiger partial charge in [0.2, 0.25) is 0 Å². The third-order valence-corrected chi connectivity index (χ3v) is 3.97. The molecule has 0 unspecified atom stereocenters. The van der Waals surface area contributed by atoms with E-state index in [9.17, 15) is 18.4 Å². The van der Waals surface area contributed by atoms with Gasteiger partial charge in [0.05, 0.1) is 11.3 Å². The van der Waals surface area contributed by atoms with Gasteiger partial charge in [-0.05, 0) is 45.0 Å². The average molecular weight is 425 g/mol. The Bertz CT molecular complexity index is 1090. The Balaban J connectivity index is 1.95. The molecule has 0 aliphatic heterocycles. The monoisotopic (exact) mass is 425 g/mol. The molecule has 0 aliphatic rings. The molecular weight excluding hydrogens is 404 g/mol. The summed E-state index contributed by atoms with van der Waals surface area (Å²) in [5.74, 6) is -2.57. The standard InChI is InChI=1S/C24H21F2NO4/c1-24(2,3)31-23(29)20-10-9-18(30-19-12-16(25)11-17(26)13-19)14-21(20)27-22(28)15-7-5-4-6-8-15/h4-14H,1-3H3,(H,27,28). The number of hydrogen-bond donors (Lipinski definition) is 1. The number of anilines is 1. The van der Waals surface area contributed by atoms with Crippen LogP contribution in [0.3, 0.4) is 0 Å². The Morgan fingerprint density at radius 2 is 1.48 bits per heavy atom. The molecule has 0 fully saturated rings. The molecule has 31 heavy (non-hydrogen) atoms. The lowest BCUT2D eigenvalue weighted by Crippen LogP contribution is -2.25. The van der Waals surface area contributed by atoms with Crippen LogP contribution in [0.4, 0.5) is 14.5 Å². The van der Waals surface area contributed by atoms with E-state index in [4.69, 9.17) is 9.47 Å². The van der Waals surface area contributed by atoms with E-state index in [-0.39, 0.29) is 22.7 Å². The Kier molecular flexibility index (Phi) is 6.34. The summed E-state index contributed by atoms with van der Waals surface area (Å²) in [6, 6.07) is 15.5. The second-order valence-corrected chi connectivity index (χ2v) is 7.74. The normalized spacial score (nSPS) is 11.0. The van der Waals surface area contributed by atoms with Crippen molar-refractivity contribution in [3.8, 4) is 11.5 Å². The minimum absolute atomic E-state index is 0.0668. The first kappa shape index (κ1) is 22.0. The summed E-state index contributed by atoms with van der Waals surface area (Å²) in [6.45, 7) is 5.18. The van der Waals surface area contributed by atoms with Crippen LogP contribution < -0.4 is 10.1 Å². The molecular formula is C24H21F2NO4. The molecule has 5 nitrogen and oxygen atoms in total. The maximum Gasteiger partial charge on any atom is 0.340 e. The summed E-state index contributed by atoms with van der Waals surface area (Å²) < 4.78 is 37.8. The number of ether oxygens (including phenoxy) is 2. The zero-order chi connectivity index (χ0) is 22.6. The van der Waals surface area contributed by atoms with Crippen LogP contribution in [0.25, 0.3) is 0 Å². The van der Waals surface area contributed by atoms with E-state index >= 15 is 0 Å². The fourth-order valence-electron chi connectivity index (χ4n) is 2.71. The molecule has 0 saturated heterocycles. The molecule has 0 spiro atoms. The number of rotatable bonds is 5. The summed E-state index contributed by atoms with van der Waals surface area (Å²) in [5.41, 5.74) is -0.114. The highest BCUT2D eigenvalue weighted by atomic mass is 19.1. The fraction of sp³-hybridized carbons (Fsp3) is 0.167. The lowest BCUT2D eigenvalue weighted by molar-refractivity contribution is 0.00707. The lowest BCUT2D eigenvalue weighted by atomic mass is 10.1. The molecule has 0 atom stereocenters. The van der Waals surface area contributed by atoms with E-state index in [0.717, 1.165) is 18.2 Å². The molecule has 160 valence electrons. The number of halogens is 2. The number of nitrogens with one attached hydrogen (secondary N) is 1. The largest absolute Gasteiger partial charge is 0.457 e. The van der Waals surface area contributed by atoms with E-state index in [1.807, 2.05) is 0 Å². The van der Waals surface area contributed by atoms with Crippen molar-refractivity contribution in [2.75, 3.05) is 5.32 Å². The number of carbonyl (C=O) groups excluding carboxylic acids is 2. The first-order valence-electron chi connectivity index (χ1n) is 9.48. The predicted molar refractivity (Wildman–Crippen MR) is 112 cm³/mol. The van der Waals surface area contributed by atoms with Crippen molar-refractivity contribution in [2.24, 2.45) is 0 Å². The highest BCUT2D eigenvalue weighted by Crippen LogP contribution is 2.29. The van der Waals surface area contributed by atoms with Crippen LogP contribution in [-0.4, -0.2) is 17.5 Å². The minimum atomic E-state index is -0.794. The number of hydrogen-bond acceptors (Lipinski definition) is 4. The van der Waals surface area contributed by atoms with Gasteiger partial charge in [0.1, 0.15) is 28.7 Å². The zero-order valence-corrected chi connectivity index (χ0v) is 17.2. The number of carbonyl (C=O) groups is 2. The Morgan fingerprint density at radius 1 is 0.839 bits per heavy atom. The van der Waals surface area contributed by atoms with E-state index in [1.54, 1.807) is 51.1 Å². The molecule has 7 heteroatoms. The predicted octanol–water partition coefficient (Wildman–Crippen LogP) is 5.96. The summed E-state index contributed by atoms with van der Waals surface area (Å²) in [7, 11) is 0. The van der Waals surface area contributed by atoms with Crippen LogP contribution >= 0.6 is 0 Å². The summed E-state index contributed by atoms with van der Waals surface area (Å²) >= 11 is 0. The maximum absolute atomic E-state index is 13.5. The second-order valence-electron chi connectivity index (χ2n) is 7.74. The van der Waals surface area contributed by atoms with Crippen molar-refractivity contribution in [3.05, 3.63) is 89.5 Å². The fourth-order valence-corrected chi connectivity index (χ4v) is 2.71. The highest BCUT2D eigenvalue weighted by molar-refractivity contribution is 6.08. The maximum atomic E-state index is 13.5. The molecule has 3 aromatic rings. The van der Waals surface area contributed by atoms with Crippen LogP contribution in [0.15, 0.2) is 66.7 Å². The highest BCUT2D eigenvalue weighted by Gasteiger charge is 2.22. The molecule has 3 rings (SSSR count). The molecule has 1 amide bonds. The van der Waals surface area contributed by atoms with Crippen molar-refractivity contribution >= 4 is 17.6 Å². The van der Waals surface area contributed by atoms with E-state index in [1.165, 1.54) is 18.2 Å². The average Bonchev–Trinajstić information content (AvgIpc) is 2.66. The van der Waals surface area contributed by atoms with E-state index < -0.39 is 29.1 Å². The van der Waals surface area contributed by atoms with Gasteiger partial charge in [0.25, 0.3) is 5.91 Å². The van der Waals surface area contributed by atoms with Crippen LogP contribution in [0, 0.1) is 11.6 Å². The Labute approximate surface area is 178 Å². The van der Waals surface area contributed by atoms with Crippen molar-refractivity contribution in [2.45, 2.75) is 26.4 Å². The van der Waals surface area contributed by atoms with Crippen molar-refractivity contribution in [1.82, 2.24) is 0 Å². The molecule has 0 bridgehead atoms. The molecule has 0 aliphatic carbocycles. The van der Waals surface area contributed by atoms with Crippen LogP contribution in [0.5, 0.6) is 11.5 Å². The molecule has 0 radical (unpaired) electrons.